The molecule has 27 heavy (non-hydrogen) atoms. The van der Waals surface area contributed by atoms with Gasteiger partial charge in [-0.3, -0.25) is 0 Å². The number of benzene rings is 2. The molecule has 0 saturated heterocycles. The fourth-order valence-corrected chi connectivity index (χ4v) is 7.05. The number of anilines is 1. The van der Waals surface area contributed by atoms with Crippen LogP contribution in [0, 0.1) is 16.7 Å². The number of nitrogens with zero attached hydrogens (tertiary/aromatic N) is 1. The van der Waals surface area contributed by atoms with Crippen LogP contribution in [0.1, 0.15) is 33.6 Å². The normalized spacial score (nSPS) is 33.1. The van der Waals surface area contributed by atoms with Crippen LogP contribution in [0.3, 0.4) is 0 Å². The van der Waals surface area contributed by atoms with Crippen LogP contribution in [0.25, 0.3) is 0 Å². The Labute approximate surface area is 160 Å². The molecular weight excluding hydrogens is 357 g/mol. The summed E-state index contributed by atoms with van der Waals surface area (Å²) >= 11 is 0. The van der Waals surface area contributed by atoms with Gasteiger partial charge in [-0.15, -0.1) is 0 Å². The summed E-state index contributed by atoms with van der Waals surface area (Å²) in [4.78, 5) is 0. The maximum Gasteiger partial charge on any atom is 0.548 e. The third-order valence-electron chi connectivity index (χ3n) is 6.93. The molecule has 3 unspecified atom stereocenters. The highest BCUT2D eigenvalue weighted by Gasteiger charge is 2.69. The third kappa shape index (κ3) is 2.14. The van der Waals surface area contributed by atoms with Gasteiger partial charge in [0, 0.05) is 11.3 Å². The van der Waals surface area contributed by atoms with Gasteiger partial charge in [0.25, 0.3) is 0 Å². The van der Waals surface area contributed by atoms with Crippen LogP contribution in [0.4, 0.5) is 5.69 Å². The van der Waals surface area contributed by atoms with E-state index < -0.39 is 7.75 Å². The molecule has 1 fully saturated rings. The average molecular weight is 381 g/mol. The summed E-state index contributed by atoms with van der Waals surface area (Å²) in [5, 5.41) is 0. The zero-order valence-corrected chi connectivity index (χ0v) is 16.8. The van der Waals surface area contributed by atoms with Gasteiger partial charge in [-0.25, -0.2) is 9.24 Å². The number of para-hydroxylation sites is 2. The molecule has 5 heteroatoms. The summed E-state index contributed by atoms with van der Waals surface area (Å²) < 4.78 is 28.2. The smallest absolute Gasteiger partial charge is 0.402 e. The lowest BCUT2D eigenvalue weighted by Crippen LogP contribution is -2.33. The van der Waals surface area contributed by atoms with E-state index in [-0.39, 0.29) is 10.8 Å². The molecule has 0 spiro atoms. The zero-order chi connectivity index (χ0) is 18.9. The molecule has 2 aromatic rings. The van der Waals surface area contributed by atoms with Crippen LogP contribution >= 0.6 is 7.75 Å². The molecule has 1 heterocycles. The SMILES string of the molecule is CC12CCC(C3=C1OP(=O)(Oc1ccccc1)N3c1ccccc1)C2(C)C. The van der Waals surface area contributed by atoms with Crippen molar-refractivity contribution in [1.29, 1.82) is 0 Å². The van der Waals surface area contributed by atoms with Crippen molar-refractivity contribution in [2.45, 2.75) is 33.6 Å². The molecule has 0 amide bonds. The molecule has 0 aromatic heterocycles. The molecule has 4 nitrogen and oxygen atoms in total. The topological polar surface area (TPSA) is 38.8 Å². The summed E-state index contributed by atoms with van der Waals surface area (Å²) in [6, 6.07) is 19.1. The van der Waals surface area contributed by atoms with Crippen LogP contribution in [0.2, 0.25) is 0 Å². The van der Waals surface area contributed by atoms with E-state index in [4.69, 9.17) is 9.05 Å². The molecule has 3 aliphatic rings. The van der Waals surface area contributed by atoms with Gasteiger partial charge in [-0.05, 0) is 42.5 Å². The molecule has 2 aromatic carbocycles. The minimum atomic E-state index is -3.58. The van der Waals surface area contributed by atoms with Gasteiger partial charge < -0.3 is 9.05 Å². The molecule has 1 saturated carbocycles. The molecule has 3 atom stereocenters. The number of hydrogen-bond donors (Lipinski definition) is 0. The molecular formula is C22H24NO3P. The van der Waals surface area contributed by atoms with Gasteiger partial charge in [0.05, 0.1) is 11.4 Å². The predicted molar refractivity (Wildman–Crippen MR) is 106 cm³/mol. The first kappa shape index (κ1) is 16.9. The Morgan fingerprint density at radius 2 is 1.67 bits per heavy atom. The second kappa shape index (κ2) is 5.42. The van der Waals surface area contributed by atoms with Crippen molar-refractivity contribution in [3.63, 3.8) is 0 Å². The van der Waals surface area contributed by atoms with E-state index in [0.29, 0.717) is 11.7 Å². The van der Waals surface area contributed by atoms with Crippen molar-refractivity contribution in [3.8, 4) is 5.75 Å². The number of hydrogen-bond acceptors (Lipinski definition) is 3. The van der Waals surface area contributed by atoms with Crippen molar-refractivity contribution >= 4 is 13.4 Å². The van der Waals surface area contributed by atoms with E-state index in [2.05, 4.69) is 20.8 Å². The van der Waals surface area contributed by atoms with E-state index in [1.165, 1.54) is 0 Å². The lowest BCUT2D eigenvalue weighted by Gasteiger charge is -2.38. The quantitative estimate of drug-likeness (QED) is 0.579. The van der Waals surface area contributed by atoms with Gasteiger partial charge in [-0.2, -0.15) is 0 Å². The largest absolute Gasteiger partial charge is 0.548 e. The molecule has 0 N–H and O–H groups in total. The highest BCUT2D eigenvalue weighted by atomic mass is 31.2. The highest BCUT2D eigenvalue weighted by Crippen LogP contribution is 2.77. The maximum atomic E-state index is 14.0. The Bertz CT molecular complexity index is 970. The molecule has 2 aliphatic carbocycles. The third-order valence-corrected chi connectivity index (χ3v) is 8.73. The molecule has 2 bridgehead atoms. The monoisotopic (exact) mass is 381 g/mol. The Morgan fingerprint density at radius 1 is 1.04 bits per heavy atom. The van der Waals surface area contributed by atoms with Crippen LogP contribution < -0.4 is 9.19 Å². The van der Waals surface area contributed by atoms with Crippen LogP contribution in [-0.4, -0.2) is 0 Å². The van der Waals surface area contributed by atoms with E-state index in [0.717, 1.165) is 30.0 Å². The van der Waals surface area contributed by atoms with Crippen LogP contribution in [-0.2, 0) is 9.09 Å². The van der Waals surface area contributed by atoms with E-state index in [1.807, 2.05) is 65.3 Å². The Hall–Kier alpha value is -2.19. The number of rotatable bonds is 3. The minimum absolute atomic E-state index is 0.0721. The van der Waals surface area contributed by atoms with Gasteiger partial charge in [0.2, 0.25) is 0 Å². The number of allylic oxidation sites excluding steroid dienone is 2. The molecule has 140 valence electrons. The standard InChI is InChI=1S/C22H24NO3P/c1-21(2)18-14-15-22(21,3)20-19(18)23(16-10-6-4-7-11-16)27(24,26-20)25-17-12-8-5-9-13-17/h4-13,18H,14-15H2,1-3H3. The number of fused-ring (bicyclic) bond motifs is 4. The fraction of sp³-hybridized carbons (Fsp3) is 0.364. The van der Waals surface area contributed by atoms with E-state index in [9.17, 15) is 4.57 Å². The first-order chi connectivity index (χ1) is 12.9. The summed E-state index contributed by atoms with van der Waals surface area (Å²) in [7, 11) is -3.58. The first-order valence-corrected chi connectivity index (χ1v) is 11.0. The average Bonchev–Trinajstić information content (AvgIpc) is 3.14. The predicted octanol–water partition coefficient (Wildman–Crippen LogP) is 6.38. The van der Waals surface area contributed by atoms with Gasteiger partial charge >= 0.3 is 7.75 Å². The lowest BCUT2D eigenvalue weighted by molar-refractivity contribution is 0.124. The van der Waals surface area contributed by atoms with Crippen molar-refractivity contribution in [2.24, 2.45) is 16.7 Å². The van der Waals surface area contributed by atoms with Gasteiger partial charge in [0.1, 0.15) is 11.5 Å². The molecule has 0 radical (unpaired) electrons. The van der Waals surface area contributed by atoms with Crippen molar-refractivity contribution in [3.05, 3.63) is 72.1 Å². The van der Waals surface area contributed by atoms with E-state index in [1.54, 1.807) is 0 Å². The lowest BCUT2D eigenvalue weighted by atomic mass is 9.70. The first-order valence-electron chi connectivity index (χ1n) is 9.51. The second-order valence-corrected chi connectivity index (χ2v) is 10.2. The summed E-state index contributed by atoms with van der Waals surface area (Å²) in [5.74, 6) is 1.74. The zero-order valence-electron chi connectivity index (χ0n) is 15.9. The molecule has 1 aliphatic heterocycles. The second-order valence-electron chi connectivity index (χ2n) is 8.47. The van der Waals surface area contributed by atoms with Gasteiger partial charge in [0.15, 0.2) is 0 Å². The minimum Gasteiger partial charge on any atom is -0.402 e. The Morgan fingerprint density at radius 3 is 2.33 bits per heavy atom. The van der Waals surface area contributed by atoms with Crippen molar-refractivity contribution in [2.75, 3.05) is 4.67 Å². The molecule has 5 rings (SSSR count). The van der Waals surface area contributed by atoms with Crippen molar-refractivity contribution < 1.29 is 13.6 Å². The highest BCUT2D eigenvalue weighted by molar-refractivity contribution is 7.56. The summed E-state index contributed by atoms with van der Waals surface area (Å²) in [6.07, 6.45) is 2.14. The fourth-order valence-electron chi connectivity index (χ4n) is 5.03. The Balaban J connectivity index is 1.65. The maximum absolute atomic E-state index is 14.0. The van der Waals surface area contributed by atoms with Gasteiger partial charge in [-0.1, -0.05) is 57.2 Å². The van der Waals surface area contributed by atoms with Crippen molar-refractivity contribution in [1.82, 2.24) is 0 Å². The summed E-state index contributed by atoms with van der Waals surface area (Å²) in [5.41, 5.74) is 1.86. The van der Waals surface area contributed by atoms with Crippen LogP contribution in [0.15, 0.2) is 72.1 Å². The van der Waals surface area contributed by atoms with Crippen LogP contribution in [0.5, 0.6) is 5.75 Å². The summed E-state index contributed by atoms with van der Waals surface area (Å²) in [6.45, 7) is 6.85. The Kier molecular flexibility index (Phi) is 3.40. The van der Waals surface area contributed by atoms with E-state index >= 15 is 0 Å².